The van der Waals surface area contributed by atoms with E-state index >= 15 is 0 Å². The van der Waals surface area contributed by atoms with Gasteiger partial charge >= 0.3 is 0 Å². The number of amides is 1. The Morgan fingerprint density at radius 1 is 1.17 bits per heavy atom. The third-order valence-corrected chi connectivity index (χ3v) is 8.42. The van der Waals surface area contributed by atoms with Gasteiger partial charge < -0.3 is 21.7 Å². The van der Waals surface area contributed by atoms with E-state index in [2.05, 4.69) is 44.1 Å². The smallest absolute Gasteiger partial charge is 0.220 e. The summed E-state index contributed by atoms with van der Waals surface area (Å²) in [7, 11) is 0. The average molecular weight is 519 g/mol. The van der Waals surface area contributed by atoms with Gasteiger partial charge in [0.2, 0.25) is 5.91 Å². The quantitative estimate of drug-likeness (QED) is 0.286. The highest BCUT2D eigenvalue weighted by Gasteiger charge is 2.25. The molecule has 0 radical (unpaired) electrons. The number of hydrogen-bond acceptors (Lipinski definition) is 7. The van der Waals surface area contributed by atoms with E-state index in [1.165, 1.54) is 11.1 Å². The van der Waals surface area contributed by atoms with Gasteiger partial charge in [-0.3, -0.25) is 4.79 Å². The molecule has 1 unspecified atom stereocenters. The molecule has 0 spiro atoms. The number of aromatic nitrogens is 2. The van der Waals surface area contributed by atoms with E-state index in [0.717, 1.165) is 57.8 Å². The van der Waals surface area contributed by atoms with Crippen LogP contribution in [-0.4, -0.2) is 34.5 Å². The Labute approximate surface area is 218 Å². The summed E-state index contributed by atoms with van der Waals surface area (Å²) in [4.78, 5) is 20.6. The second-order valence-corrected chi connectivity index (χ2v) is 10.9. The number of carbonyl (C=O) groups excluding carboxylic acids is 1. The molecule has 2 aromatic carbocycles. The predicted octanol–water partition coefficient (Wildman–Crippen LogP) is 4.55. The van der Waals surface area contributed by atoms with Gasteiger partial charge in [0.1, 0.15) is 10.5 Å². The van der Waals surface area contributed by atoms with Gasteiger partial charge in [-0.2, -0.15) is 0 Å². The number of anilines is 2. The zero-order valence-corrected chi connectivity index (χ0v) is 21.3. The van der Waals surface area contributed by atoms with Crippen molar-refractivity contribution in [1.82, 2.24) is 20.6 Å². The molecule has 6 rings (SSSR count). The number of hydrogen-bond donors (Lipinski definition) is 4. The molecule has 2 aromatic heterocycles. The van der Waals surface area contributed by atoms with Gasteiger partial charge in [-0.25, -0.2) is 9.97 Å². The molecule has 1 amide bonds. The Kier molecular flexibility index (Phi) is 6.35. The zero-order chi connectivity index (χ0) is 24.6. The summed E-state index contributed by atoms with van der Waals surface area (Å²) in [5.74, 6) is 0.831. The van der Waals surface area contributed by atoms with E-state index in [1.807, 2.05) is 24.3 Å². The van der Waals surface area contributed by atoms with Gasteiger partial charge in [0.25, 0.3) is 0 Å². The number of nitrogens with two attached hydrogens (primary N) is 1. The van der Waals surface area contributed by atoms with Crippen molar-refractivity contribution in [2.75, 3.05) is 11.9 Å². The van der Waals surface area contributed by atoms with Gasteiger partial charge in [-0.05, 0) is 48.1 Å². The molecule has 3 heterocycles. The maximum absolute atomic E-state index is 11.5. The molecular formula is C27H27ClN6OS. The van der Waals surface area contributed by atoms with Crippen LogP contribution in [0.25, 0.3) is 21.3 Å². The van der Waals surface area contributed by atoms with E-state index < -0.39 is 0 Å². The topological polar surface area (TPSA) is 105 Å². The largest absolute Gasteiger partial charge is 0.352 e. The van der Waals surface area contributed by atoms with Gasteiger partial charge in [-0.15, -0.1) is 11.3 Å². The summed E-state index contributed by atoms with van der Waals surface area (Å²) < 4.78 is 1.04. The first kappa shape index (κ1) is 23.4. The SMILES string of the molecule is NCc1nc2c(Nc3cccc(-c4ccc5c(c4)CC(NC[C@@H]4CCC(=O)N4)C5)c3Cl)nccc2s1. The number of thiazole rings is 1. The van der Waals surface area contributed by atoms with E-state index in [1.54, 1.807) is 17.5 Å². The second kappa shape index (κ2) is 9.78. The van der Waals surface area contributed by atoms with Crippen molar-refractivity contribution in [1.29, 1.82) is 0 Å². The Bertz CT molecular complexity index is 1450. The third-order valence-electron chi connectivity index (χ3n) is 6.97. The molecule has 36 heavy (non-hydrogen) atoms. The van der Waals surface area contributed by atoms with E-state index in [9.17, 15) is 4.79 Å². The van der Waals surface area contributed by atoms with Crippen LogP contribution in [0.2, 0.25) is 5.02 Å². The Morgan fingerprint density at radius 2 is 2.06 bits per heavy atom. The number of nitrogens with zero attached hydrogens (tertiary/aromatic N) is 2. The van der Waals surface area contributed by atoms with Crippen LogP contribution in [0.4, 0.5) is 11.5 Å². The first-order chi connectivity index (χ1) is 17.6. The lowest BCUT2D eigenvalue weighted by Crippen LogP contribution is -2.40. The maximum Gasteiger partial charge on any atom is 0.220 e. The summed E-state index contributed by atoms with van der Waals surface area (Å²) in [6.07, 6.45) is 5.29. The molecule has 7 nitrogen and oxygen atoms in total. The Balaban J connectivity index is 1.20. The van der Waals surface area contributed by atoms with Crippen molar-refractivity contribution in [3.63, 3.8) is 0 Å². The molecule has 184 valence electrons. The zero-order valence-electron chi connectivity index (χ0n) is 19.7. The van der Waals surface area contributed by atoms with Gasteiger partial charge in [0, 0.05) is 43.4 Å². The molecule has 1 fully saturated rings. The highest BCUT2D eigenvalue weighted by atomic mass is 35.5. The average Bonchev–Trinajstić information content (AvgIpc) is 3.61. The van der Waals surface area contributed by atoms with Crippen molar-refractivity contribution in [2.45, 2.75) is 44.3 Å². The fourth-order valence-corrected chi connectivity index (χ4v) is 6.25. The molecular weight excluding hydrogens is 492 g/mol. The minimum absolute atomic E-state index is 0.161. The van der Waals surface area contributed by atoms with Crippen molar-refractivity contribution in [3.05, 3.63) is 69.8 Å². The molecule has 1 aliphatic heterocycles. The summed E-state index contributed by atoms with van der Waals surface area (Å²) >= 11 is 8.49. The van der Waals surface area contributed by atoms with Gasteiger partial charge in [0.15, 0.2) is 5.82 Å². The molecule has 5 N–H and O–H groups in total. The van der Waals surface area contributed by atoms with Crippen LogP contribution >= 0.6 is 22.9 Å². The molecule has 0 bridgehead atoms. The molecule has 2 atom stereocenters. The molecule has 9 heteroatoms. The van der Waals surface area contributed by atoms with Crippen LogP contribution in [0, 0.1) is 0 Å². The van der Waals surface area contributed by atoms with Crippen LogP contribution in [0.5, 0.6) is 0 Å². The molecule has 1 saturated heterocycles. The molecule has 1 aliphatic carbocycles. The minimum Gasteiger partial charge on any atom is -0.352 e. The van der Waals surface area contributed by atoms with E-state index in [0.29, 0.717) is 29.8 Å². The normalized spacial score (nSPS) is 19.0. The number of fused-ring (bicyclic) bond motifs is 2. The summed E-state index contributed by atoms with van der Waals surface area (Å²) in [6, 6.07) is 15.2. The third kappa shape index (κ3) is 4.57. The molecule has 4 aromatic rings. The number of nitrogens with one attached hydrogen (secondary N) is 3. The second-order valence-electron chi connectivity index (χ2n) is 9.41. The van der Waals surface area contributed by atoms with Gasteiger partial charge in [-0.1, -0.05) is 41.9 Å². The van der Waals surface area contributed by atoms with E-state index in [4.69, 9.17) is 17.3 Å². The van der Waals surface area contributed by atoms with Crippen LogP contribution in [0.3, 0.4) is 0 Å². The van der Waals surface area contributed by atoms with Gasteiger partial charge in [0.05, 0.1) is 15.4 Å². The predicted molar refractivity (Wildman–Crippen MR) is 146 cm³/mol. The summed E-state index contributed by atoms with van der Waals surface area (Å²) in [5.41, 5.74) is 12.2. The fraction of sp³-hybridized carbons (Fsp3) is 0.296. The lowest BCUT2D eigenvalue weighted by Gasteiger charge is -2.16. The standard InChI is InChI=1S/C27H27ClN6OS/c28-25-20(2-1-3-21(25)33-27-26-22(8-9-30-27)36-24(13-29)34-26)16-5-4-15-11-19(12-17(15)10-16)31-14-18-6-7-23(35)32-18/h1-5,8-10,18-19,31H,6-7,11-14,29H2,(H,30,33)(H,32,35)/t18-,19?/m0/s1. The summed E-state index contributed by atoms with van der Waals surface area (Å²) in [6.45, 7) is 1.23. The first-order valence-corrected chi connectivity index (χ1v) is 13.4. The number of carbonyl (C=O) groups is 1. The minimum atomic E-state index is 0.161. The maximum atomic E-state index is 11.5. The van der Waals surface area contributed by atoms with Crippen LogP contribution in [-0.2, 0) is 24.2 Å². The molecule has 0 saturated carbocycles. The number of benzene rings is 2. The van der Waals surface area contributed by atoms with Crippen LogP contribution < -0.4 is 21.7 Å². The van der Waals surface area contributed by atoms with Crippen molar-refractivity contribution < 1.29 is 4.79 Å². The fourth-order valence-electron chi connectivity index (χ4n) is 5.13. The number of halogens is 1. The van der Waals surface area contributed by atoms with Crippen LogP contribution in [0.1, 0.15) is 29.0 Å². The number of pyridine rings is 1. The van der Waals surface area contributed by atoms with Crippen molar-refractivity contribution in [2.24, 2.45) is 5.73 Å². The van der Waals surface area contributed by atoms with Crippen molar-refractivity contribution >= 4 is 50.6 Å². The van der Waals surface area contributed by atoms with E-state index in [-0.39, 0.29) is 11.9 Å². The van der Waals surface area contributed by atoms with Crippen LogP contribution in [0.15, 0.2) is 48.7 Å². The molecule has 2 aliphatic rings. The van der Waals surface area contributed by atoms with Crippen molar-refractivity contribution in [3.8, 4) is 11.1 Å². The summed E-state index contributed by atoms with van der Waals surface area (Å²) in [5, 5.41) is 11.6. The first-order valence-electron chi connectivity index (χ1n) is 12.2. The lowest BCUT2D eigenvalue weighted by molar-refractivity contribution is -0.119. The Morgan fingerprint density at radius 3 is 2.89 bits per heavy atom. The highest BCUT2D eigenvalue weighted by molar-refractivity contribution is 7.18. The highest BCUT2D eigenvalue weighted by Crippen LogP contribution is 2.38. The lowest BCUT2D eigenvalue weighted by atomic mass is 10.00. The monoisotopic (exact) mass is 518 g/mol. The number of rotatable bonds is 7. The Hall–Kier alpha value is -3.04.